The highest BCUT2D eigenvalue weighted by molar-refractivity contribution is 9.10. The number of halogens is 2. The first-order valence-electron chi connectivity index (χ1n) is 11.9. The largest absolute Gasteiger partial charge is 0.351 e. The summed E-state index contributed by atoms with van der Waals surface area (Å²) in [5.74, 6) is 0.609. The van der Waals surface area contributed by atoms with E-state index in [0.29, 0.717) is 18.9 Å². The molecule has 0 aliphatic carbocycles. The zero-order valence-electron chi connectivity index (χ0n) is 19.9. The van der Waals surface area contributed by atoms with Crippen molar-refractivity contribution >= 4 is 44.2 Å². The van der Waals surface area contributed by atoms with Gasteiger partial charge in [-0.25, -0.2) is 14.4 Å². The maximum atomic E-state index is 14.1. The van der Waals surface area contributed by atoms with Gasteiger partial charge in [-0.3, -0.25) is 4.79 Å². The summed E-state index contributed by atoms with van der Waals surface area (Å²) >= 11 is 3.54. The first-order valence-corrected chi connectivity index (χ1v) is 12.7. The number of aromatic nitrogens is 2. The van der Waals surface area contributed by atoms with E-state index in [2.05, 4.69) is 26.1 Å². The normalized spacial score (nSPS) is 10.9. The van der Waals surface area contributed by atoms with E-state index in [1.54, 1.807) is 18.2 Å². The van der Waals surface area contributed by atoms with Crippen LogP contribution in [0, 0.1) is 5.82 Å². The Bertz CT molecular complexity index is 1540. The van der Waals surface area contributed by atoms with Crippen LogP contribution in [0.5, 0.6) is 0 Å². The van der Waals surface area contributed by atoms with Gasteiger partial charge in [0, 0.05) is 34.9 Å². The summed E-state index contributed by atoms with van der Waals surface area (Å²) in [5, 5.41) is 3.58. The Labute approximate surface area is 223 Å². The van der Waals surface area contributed by atoms with E-state index in [1.165, 1.54) is 6.07 Å². The molecule has 1 N–H and O–H groups in total. The molecule has 0 saturated carbocycles. The molecule has 184 valence electrons. The van der Waals surface area contributed by atoms with Crippen molar-refractivity contribution in [2.24, 2.45) is 0 Å². The van der Waals surface area contributed by atoms with Crippen molar-refractivity contribution in [2.45, 2.75) is 13.0 Å². The third-order valence-corrected chi connectivity index (χ3v) is 6.43. The molecular weight excluding hydrogens is 531 g/mol. The minimum absolute atomic E-state index is 0.158. The zero-order valence-corrected chi connectivity index (χ0v) is 21.5. The van der Waals surface area contributed by atoms with Crippen LogP contribution in [-0.2, 0) is 11.3 Å². The summed E-state index contributed by atoms with van der Waals surface area (Å²) < 4.78 is 15.0. The van der Waals surface area contributed by atoms with Gasteiger partial charge in [-0.05, 0) is 42.0 Å². The van der Waals surface area contributed by atoms with Gasteiger partial charge in [0.2, 0.25) is 5.91 Å². The van der Waals surface area contributed by atoms with Crippen LogP contribution in [0.1, 0.15) is 12.0 Å². The lowest BCUT2D eigenvalue weighted by atomic mass is 10.1. The monoisotopic (exact) mass is 554 g/mol. The summed E-state index contributed by atoms with van der Waals surface area (Å²) in [6.07, 6.45) is 0.158. The van der Waals surface area contributed by atoms with Crippen LogP contribution >= 0.6 is 15.9 Å². The molecule has 37 heavy (non-hydrogen) atoms. The van der Waals surface area contributed by atoms with Crippen LogP contribution in [0.3, 0.4) is 0 Å². The number of rotatable bonds is 8. The first-order chi connectivity index (χ1) is 18.1. The van der Waals surface area contributed by atoms with Gasteiger partial charge in [-0.2, -0.15) is 0 Å². The highest BCUT2D eigenvalue weighted by Gasteiger charge is 2.18. The lowest BCUT2D eigenvalue weighted by molar-refractivity contribution is -0.116. The van der Waals surface area contributed by atoms with Gasteiger partial charge in [0.05, 0.1) is 11.2 Å². The second-order valence-corrected chi connectivity index (χ2v) is 9.50. The average Bonchev–Trinajstić information content (AvgIpc) is 2.92. The van der Waals surface area contributed by atoms with E-state index in [4.69, 9.17) is 9.97 Å². The maximum absolute atomic E-state index is 14.1. The summed E-state index contributed by atoms with van der Waals surface area (Å²) in [4.78, 5) is 24.7. The van der Waals surface area contributed by atoms with Gasteiger partial charge >= 0.3 is 0 Å². The van der Waals surface area contributed by atoms with Crippen molar-refractivity contribution in [3.63, 3.8) is 0 Å². The Morgan fingerprint density at radius 1 is 0.865 bits per heavy atom. The van der Waals surface area contributed by atoms with Crippen molar-refractivity contribution in [3.8, 4) is 11.4 Å². The molecule has 0 bridgehead atoms. The van der Waals surface area contributed by atoms with Gasteiger partial charge < -0.3 is 10.2 Å². The number of amides is 1. The molecule has 0 fully saturated rings. The SMILES string of the molecule is O=C(CCN(Cc1ccccc1)c1nc(-c2cccc(Br)c2)nc2ccccc12)Nc1ccccc1F. The number of nitrogens with one attached hydrogen (secondary N) is 1. The number of carbonyl (C=O) groups is 1. The van der Waals surface area contributed by atoms with E-state index < -0.39 is 5.82 Å². The molecule has 5 rings (SSSR count). The van der Waals surface area contributed by atoms with Gasteiger partial charge in [0.25, 0.3) is 0 Å². The minimum Gasteiger partial charge on any atom is -0.351 e. The molecule has 1 aromatic heterocycles. The fraction of sp³-hybridized carbons (Fsp3) is 0.100. The van der Waals surface area contributed by atoms with Gasteiger partial charge in [0.15, 0.2) is 5.82 Å². The maximum Gasteiger partial charge on any atom is 0.226 e. The molecule has 5 nitrogen and oxygen atoms in total. The van der Waals surface area contributed by atoms with Crippen molar-refractivity contribution in [2.75, 3.05) is 16.8 Å². The summed E-state index contributed by atoms with van der Waals surface area (Å²) in [7, 11) is 0. The number of hydrogen-bond donors (Lipinski definition) is 1. The third kappa shape index (κ3) is 6.01. The molecule has 0 atom stereocenters. The third-order valence-electron chi connectivity index (χ3n) is 5.94. The van der Waals surface area contributed by atoms with E-state index in [-0.39, 0.29) is 18.0 Å². The first kappa shape index (κ1) is 24.6. The molecule has 0 aliphatic heterocycles. The van der Waals surface area contributed by atoms with Crippen molar-refractivity contribution in [1.29, 1.82) is 0 Å². The van der Waals surface area contributed by atoms with Crippen LogP contribution in [-0.4, -0.2) is 22.4 Å². The summed E-state index contributed by atoms with van der Waals surface area (Å²) in [6.45, 7) is 0.931. The Morgan fingerprint density at radius 3 is 2.43 bits per heavy atom. The highest BCUT2D eigenvalue weighted by atomic mass is 79.9. The van der Waals surface area contributed by atoms with Crippen LogP contribution in [0.4, 0.5) is 15.9 Å². The fourth-order valence-electron chi connectivity index (χ4n) is 4.13. The van der Waals surface area contributed by atoms with Gasteiger partial charge in [-0.15, -0.1) is 0 Å². The molecule has 5 aromatic rings. The van der Waals surface area contributed by atoms with E-state index in [1.807, 2.05) is 78.9 Å². The number of fused-ring (bicyclic) bond motifs is 1. The van der Waals surface area contributed by atoms with Crippen LogP contribution < -0.4 is 10.2 Å². The Hall–Kier alpha value is -4.10. The van der Waals surface area contributed by atoms with Gasteiger partial charge in [-0.1, -0.05) is 82.7 Å². The summed E-state index contributed by atoms with van der Waals surface area (Å²) in [6, 6.07) is 31.9. The topological polar surface area (TPSA) is 58.1 Å². The second kappa shape index (κ2) is 11.3. The molecule has 0 aliphatic rings. The molecule has 1 amide bonds. The number of anilines is 2. The fourth-order valence-corrected chi connectivity index (χ4v) is 4.53. The number of nitrogens with zero attached hydrogens (tertiary/aromatic N) is 3. The molecular formula is C30H24BrFN4O. The zero-order chi connectivity index (χ0) is 25.6. The Balaban J connectivity index is 1.51. The smallest absolute Gasteiger partial charge is 0.226 e. The predicted octanol–water partition coefficient (Wildman–Crippen LogP) is 7.23. The average molecular weight is 555 g/mol. The van der Waals surface area contributed by atoms with Gasteiger partial charge in [0.1, 0.15) is 11.6 Å². The standard InChI is InChI=1S/C30H24BrFN4O/c31-23-12-8-11-22(19-23)29-34-26-15-6-4-13-24(26)30(35-29)36(20-21-9-2-1-3-10-21)18-17-28(37)33-27-16-7-5-14-25(27)32/h1-16,19H,17-18,20H2,(H,33,37). The lowest BCUT2D eigenvalue weighted by Crippen LogP contribution is -2.29. The van der Waals surface area contributed by atoms with E-state index in [0.717, 1.165) is 32.3 Å². The van der Waals surface area contributed by atoms with Crippen molar-refractivity contribution < 1.29 is 9.18 Å². The van der Waals surface area contributed by atoms with Crippen molar-refractivity contribution in [1.82, 2.24) is 9.97 Å². The van der Waals surface area contributed by atoms with Crippen LogP contribution in [0.25, 0.3) is 22.3 Å². The number of carbonyl (C=O) groups excluding carboxylic acids is 1. The van der Waals surface area contributed by atoms with Crippen molar-refractivity contribution in [3.05, 3.63) is 119 Å². The minimum atomic E-state index is -0.461. The molecule has 0 radical (unpaired) electrons. The highest BCUT2D eigenvalue weighted by Crippen LogP contribution is 2.30. The molecule has 4 aromatic carbocycles. The molecule has 1 heterocycles. The number of hydrogen-bond acceptors (Lipinski definition) is 4. The lowest BCUT2D eigenvalue weighted by Gasteiger charge is -2.25. The molecule has 0 spiro atoms. The van der Waals surface area contributed by atoms with E-state index >= 15 is 0 Å². The van der Waals surface area contributed by atoms with Crippen LogP contribution in [0.2, 0.25) is 0 Å². The predicted molar refractivity (Wildman–Crippen MR) is 150 cm³/mol. The molecule has 7 heteroatoms. The summed E-state index contributed by atoms with van der Waals surface area (Å²) in [5.41, 5.74) is 2.96. The second-order valence-electron chi connectivity index (χ2n) is 8.58. The van der Waals surface area contributed by atoms with Crippen LogP contribution in [0.15, 0.2) is 108 Å². The number of benzene rings is 4. The Kier molecular flexibility index (Phi) is 7.51. The molecule has 0 unspecified atom stereocenters. The molecule has 0 saturated heterocycles. The number of para-hydroxylation sites is 2. The Morgan fingerprint density at radius 2 is 1.62 bits per heavy atom. The van der Waals surface area contributed by atoms with E-state index in [9.17, 15) is 9.18 Å². The quantitative estimate of drug-likeness (QED) is 0.220.